The highest BCUT2D eigenvalue weighted by Gasteiger charge is 2.30. The lowest BCUT2D eigenvalue weighted by atomic mass is 10.1. The van der Waals surface area contributed by atoms with E-state index in [1.165, 1.54) is 40.2 Å². The first-order chi connectivity index (χ1) is 15.8. The Morgan fingerprint density at radius 3 is 2.48 bits per heavy atom. The van der Waals surface area contributed by atoms with Crippen molar-refractivity contribution in [3.05, 3.63) is 87.9 Å². The van der Waals surface area contributed by atoms with Gasteiger partial charge in [-0.3, -0.25) is 10.1 Å². The highest BCUT2D eigenvalue weighted by Crippen LogP contribution is 2.33. The number of benzene rings is 2. The molecule has 0 bridgehead atoms. The summed E-state index contributed by atoms with van der Waals surface area (Å²) in [7, 11) is 0. The van der Waals surface area contributed by atoms with E-state index < -0.39 is 16.7 Å². The zero-order valence-corrected chi connectivity index (χ0v) is 17.3. The molecule has 0 amide bonds. The maximum atomic E-state index is 13.2. The number of nitro benzene ring substituents is 1. The predicted molar refractivity (Wildman–Crippen MR) is 117 cm³/mol. The van der Waals surface area contributed by atoms with Crippen LogP contribution in [0.2, 0.25) is 0 Å². The minimum absolute atomic E-state index is 0.0113. The Bertz CT molecular complexity index is 1490. The summed E-state index contributed by atoms with van der Waals surface area (Å²) in [6.45, 7) is 0. The Balaban J connectivity index is 1.52. The Morgan fingerprint density at radius 2 is 1.76 bits per heavy atom. The lowest BCUT2D eigenvalue weighted by Gasteiger charge is -2.09. The van der Waals surface area contributed by atoms with E-state index in [2.05, 4.69) is 15.1 Å². The molecule has 11 heteroatoms. The molecule has 2 aromatic carbocycles. The molecule has 164 valence electrons. The van der Waals surface area contributed by atoms with Gasteiger partial charge in [-0.2, -0.15) is 18.3 Å². The molecule has 0 radical (unpaired) electrons. The number of fused-ring (bicyclic) bond motifs is 1. The van der Waals surface area contributed by atoms with E-state index in [1.807, 2.05) is 5.38 Å². The van der Waals surface area contributed by atoms with Crippen LogP contribution in [-0.2, 0) is 6.18 Å². The van der Waals surface area contributed by atoms with Gasteiger partial charge in [-0.25, -0.2) is 14.5 Å². The number of thiazole rings is 1. The first-order valence-corrected chi connectivity index (χ1v) is 10.4. The highest BCUT2D eigenvalue weighted by molar-refractivity contribution is 7.13. The maximum absolute atomic E-state index is 13.2. The van der Waals surface area contributed by atoms with E-state index in [-0.39, 0.29) is 5.69 Å². The van der Waals surface area contributed by atoms with E-state index >= 15 is 0 Å². The molecule has 0 unspecified atom stereocenters. The largest absolute Gasteiger partial charge is 0.416 e. The van der Waals surface area contributed by atoms with Gasteiger partial charge in [0.2, 0.25) is 0 Å². The van der Waals surface area contributed by atoms with Gasteiger partial charge in [0.1, 0.15) is 10.7 Å². The van der Waals surface area contributed by atoms with Crippen LogP contribution in [0.15, 0.2) is 72.2 Å². The van der Waals surface area contributed by atoms with Crippen LogP contribution in [0.4, 0.5) is 18.9 Å². The number of halogens is 3. The zero-order chi connectivity index (χ0) is 23.2. The molecule has 0 saturated heterocycles. The number of alkyl halides is 3. The SMILES string of the molecule is O=[N+]([O-])c1ccc(-c2csc(-c3cc4nccc(-c5cccc(C(F)(F)F)c5)n4n3)n2)cc1. The fourth-order valence-corrected chi connectivity index (χ4v) is 4.13. The minimum Gasteiger partial charge on any atom is -0.258 e. The molecular weight excluding hydrogens is 455 g/mol. The molecule has 33 heavy (non-hydrogen) atoms. The molecule has 3 heterocycles. The maximum Gasteiger partial charge on any atom is 0.416 e. The Morgan fingerprint density at radius 1 is 0.970 bits per heavy atom. The summed E-state index contributed by atoms with van der Waals surface area (Å²) in [4.78, 5) is 19.2. The Hall–Kier alpha value is -4.12. The van der Waals surface area contributed by atoms with Gasteiger partial charge in [-0.15, -0.1) is 11.3 Å². The molecule has 0 atom stereocenters. The van der Waals surface area contributed by atoms with Gasteiger partial charge in [0, 0.05) is 40.9 Å². The van der Waals surface area contributed by atoms with Crippen molar-refractivity contribution in [1.29, 1.82) is 0 Å². The second-order valence-corrected chi connectivity index (χ2v) is 7.91. The van der Waals surface area contributed by atoms with Crippen molar-refractivity contribution in [2.24, 2.45) is 0 Å². The molecule has 0 aliphatic carbocycles. The molecule has 3 aromatic heterocycles. The number of rotatable bonds is 4. The first-order valence-electron chi connectivity index (χ1n) is 9.53. The van der Waals surface area contributed by atoms with Crippen molar-refractivity contribution in [3.8, 4) is 33.2 Å². The normalized spacial score (nSPS) is 11.7. The van der Waals surface area contributed by atoms with Gasteiger partial charge in [0.05, 0.1) is 21.9 Å². The molecule has 0 aliphatic heterocycles. The average Bonchev–Trinajstić information content (AvgIpc) is 3.46. The van der Waals surface area contributed by atoms with Crippen LogP contribution in [0.3, 0.4) is 0 Å². The molecule has 5 rings (SSSR count). The molecule has 0 fully saturated rings. The number of nitro groups is 1. The van der Waals surface area contributed by atoms with Gasteiger partial charge in [0.15, 0.2) is 5.65 Å². The lowest BCUT2D eigenvalue weighted by Crippen LogP contribution is -2.05. The first kappa shape index (κ1) is 20.8. The van der Waals surface area contributed by atoms with E-state index in [4.69, 9.17) is 0 Å². The number of aromatic nitrogens is 4. The summed E-state index contributed by atoms with van der Waals surface area (Å²) in [6.07, 6.45) is -2.94. The van der Waals surface area contributed by atoms with Crippen molar-refractivity contribution in [2.45, 2.75) is 6.18 Å². The summed E-state index contributed by atoms with van der Waals surface area (Å²) in [5.74, 6) is 0. The van der Waals surface area contributed by atoms with Crippen LogP contribution in [-0.4, -0.2) is 24.5 Å². The van der Waals surface area contributed by atoms with Crippen molar-refractivity contribution >= 4 is 22.7 Å². The van der Waals surface area contributed by atoms with Crippen LogP contribution in [0.5, 0.6) is 0 Å². The quantitative estimate of drug-likeness (QED) is 0.235. The fraction of sp³-hybridized carbons (Fsp3) is 0.0455. The van der Waals surface area contributed by atoms with Crippen molar-refractivity contribution in [1.82, 2.24) is 19.6 Å². The topological polar surface area (TPSA) is 86.2 Å². The van der Waals surface area contributed by atoms with Crippen LogP contribution in [0, 0.1) is 10.1 Å². The van der Waals surface area contributed by atoms with Crippen LogP contribution < -0.4 is 0 Å². The number of hydrogen-bond donors (Lipinski definition) is 0. The van der Waals surface area contributed by atoms with Gasteiger partial charge in [-0.05, 0) is 30.3 Å². The molecule has 0 N–H and O–H groups in total. The monoisotopic (exact) mass is 467 g/mol. The van der Waals surface area contributed by atoms with E-state index in [1.54, 1.807) is 30.3 Å². The summed E-state index contributed by atoms with van der Waals surface area (Å²) in [5.41, 5.74) is 2.39. The summed E-state index contributed by atoms with van der Waals surface area (Å²) in [6, 6.07) is 14.4. The number of nitrogens with zero attached hydrogens (tertiary/aromatic N) is 5. The number of non-ortho nitro benzene ring substituents is 1. The molecular formula is C22H12F3N5O2S. The summed E-state index contributed by atoms with van der Waals surface area (Å²) in [5, 5.41) is 17.8. The van der Waals surface area contributed by atoms with Crippen LogP contribution in [0.25, 0.3) is 38.9 Å². The number of hydrogen-bond acceptors (Lipinski definition) is 6. The van der Waals surface area contributed by atoms with Crippen molar-refractivity contribution < 1.29 is 18.1 Å². The Kier molecular flexibility index (Phi) is 4.90. The third-order valence-corrected chi connectivity index (χ3v) is 5.81. The van der Waals surface area contributed by atoms with Crippen LogP contribution in [0.1, 0.15) is 5.56 Å². The Labute approximate surface area is 188 Å². The summed E-state index contributed by atoms with van der Waals surface area (Å²) < 4.78 is 40.9. The second kappa shape index (κ2) is 7.78. The smallest absolute Gasteiger partial charge is 0.258 e. The fourth-order valence-electron chi connectivity index (χ4n) is 3.35. The van der Waals surface area contributed by atoms with E-state index in [0.29, 0.717) is 33.3 Å². The van der Waals surface area contributed by atoms with Crippen molar-refractivity contribution in [3.63, 3.8) is 0 Å². The third-order valence-electron chi connectivity index (χ3n) is 4.94. The lowest BCUT2D eigenvalue weighted by molar-refractivity contribution is -0.384. The minimum atomic E-state index is -4.45. The van der Waals surface area contributed by atoms with Crippen molar-refractivity contribution in [2.75, 3.05) is 0 Å². The second-order valence-electron chi connectivity index (χ2n) is 7.05. The molecule has 0 spiro atoms. The average molecular weight is 467 g/mol. The molecule has 0 aliphatic rings. The predicted octanol–water partition coefficient (Wildman–Crippen LogP) is 6.11. The third kappa shape index (κ3) is 3.94. The molecule has 5 aromatic rings. The standard InChI is InChI=1S/C22H12F3N5O2S/c23-22(24,25)15-3-1-2-14(10-15)19-8-9-26-20-11-17(28-29(19)20)21-27-18(12-33-21)13-4-6-16(7-5-13)30(31)32/h1-12H. The van der Waals surface area contributed by atoms with E-state index in [0.717, 1.165) is 17.7 Å². The summed E-state index contributed by atoms with van der Waals surface area (Å²) >= 11 is 1.33. The van der Waals surface area contributed by atoms with Gasteiger partial charge >= 0.3 is 6.18 Å². The van der Waals surface area contributed by atoms with Gasteiger partial charge < -0.3 is 0 Å². The van der Waals surface area contributed by atoms with Gasteiger partial charge in [0.25, 0.3) is 5.69 Å². The zero-order valence-electron chi connectivity index (χ0n) is 16.5. The molecule has 7 nitrogen and oxygen atoms in total. The highest BCUT2D eigenvalue weighted by atomic mass is 32.1. The van der Waals surface area contributed by atoms with Crippen LogP contribution >= 0.6 is 11.3 Å². The van der Waals surface area contributed by atoms with Gasteiger partial charge in [-0.1, -0.05) is 12.1 Å². The molecule has 0 saturated carbocycles. The van der Waals surface area contributed by atoms with E-state index in [9.17, 15) is 23.3 Å².